The number of likely N-dealkylation sites (N-methyl/N-ethyl adjacent to an activating group) is 1. The van der Waals surface area contributed by atoms with Crippen LogP contribution >= 0.6 is 0 Å². The van der Waals surface area contributed by atoms with E-state index in [1.807, 2.05) is 27.8 Å². The second-order valence-corrected chi connectivity index (χ2v) is 9.78. The Balaban J connectivity index is 2.16. The van der Waals surface area contributed by atoms with Crippen LogP contribution in [0, 0.1) is 5.41 Å². The van der Waals surface area contributed by atoms with Crippen molar-refractivity contribution in [2.24, 2.45) is 11.1 Å². The molecule has 0 bridgehead atoms. The third-order valence-electron chi connectivity index (χ3n) is 4.72. The second kappa shape index (κ2) is 8.04. The van der Waals surface area contributed by atoms with Gasteiger partial charge < -0.3 is 16.0 Å². The summed E-state index contributed by atoms with van der Waals surface area (Å²) in [5, 5.41) is 2.77. The van der Waals surface area contributed by atoms with Crippen molar-refractivity contribution in [3.8, 4) is 0 Å². The van der Waals surface area contributed by atoms with Gasteiger partial charge in [-0.3, -0.25) is 4.79 Å². The lowest BCUT2D eigenvalue weighted by Gasteiger charge is -2.32. The van der Waals surface area contributed by atoms with E-state index < -0.39 is 16.1 Å². The number of nitrogens with zero attached hydrogens (tertiary/aromatic N) is 2. The fourth-order valence-corrected chi connectivity index (χ4v) is 4.40. The van der Waals surface area contributed by atoms with Gasteiger partial charge in [0.25, 0.3) is 0 Å². The van der Waals surface area contributed by atoms with E-state index in [9.17, 15) is 13.2 Å². The Kier molecular flexibility index (Phi) is 6.44. The van der Waals surface area contributed by atoms with E-state index in [0.29, 0.717) is 31.7 Å². The highest BCUT2D eigenvalue weighted by Gasteiger charge is 2.30. The molecule has 1 aromatic rings. The predicted octanol–water partition coefficient (Wildman–Crippen LogP) is 0.612. The minimum Gasteiger partial charge on any atom is -0.351 e. The molecule has 26 heavy (non-hydrogen) atoms. The number of carbonyl (C=O) groups is 1. The lowest BCUT2D eigenvalue weighted by Crippen LogP contribution is -2.48. The number of benzene rings is 1. The van der Waals surface area contributed by atoms with Gasteiger partial charge in [-0.05, 0) is 24.1 Å². The zero-order valence-electron chi connectivity index (χ0n) is 16.0. The lowest BCUT2D eigenvalue weighted by atomic mass is 9.87. The first-order valence-electron chi connectivity index (χ1n) is 8.83. The molecule has 1 aliphatic rings. The van der Waals surface area contributed by atoms with E-state index >= 15 is 0 Å². The molecular formula is C18H30N4O3S. The van der Waals surface area contributed by atoms with Crippen LogP contribution in [-0.4, -0.2) is 62.8 Å². The van der Waals surface area contributed by atoms with Gasteiger partial charge in [-0.15, -0.1) is 0 Å². The van der Waals surface area contributed by atoms with Gasteiger partial charge in [-0.2, -0.15) is 4.31 Å². The number of hydrogen-bond acceptors (Lipinski definition) is 5. The number of hydrogen-bond donors (Lipinski definition) is 2. The summed E-state index contributed by atoms with van der Waals surface area (Å²) in [6.07, 6.45) is 0. The van der Waals surface area contributed by atoms with Crippen molar-refractivity contribution in [3.63, 3.8) is 0 Å². The molecule has 2 rings (SSSR count). The van der Waals surface area contributed by atoms with Crippen LogP contribution in [0.3, 0.4) is 0 Å². The number of rotatable bonds is 5. The predicted molar refractivity (Wildman–Crippen MR) is 102 cm³/mol. The molecule has 1 fully saturated rings. The summed E-state index contributed by atoms with van der Waals surface area (Å²) in [5.41, 5.74) is 6.17. The first-order chi connectivity index (χ1) is 12.0. The molecule has 1 aromatic carbocycles. The molecule has 0 radical (unpaired) electrons. The summed E-state index contributed by atoms with van der Waals surface area (Å²) in [7, 11) is -1.61. The third kappa shape index (κ3) is 4.82. The summed E-state index contributed by atoms with van der Waals surface area (Å²) in [6.45, 7) is 8.15. The number of nitrogens with two attached hydrogens (primary N) is 1. The molecule has 1 saturated heterocycles. The van der Waals surface area contributed by atoms with Crippen molar-refractivity contribution in [3.05, 3.63) is 29.8 Å². The highest BCUT2D eigenvalue weighted by molar-refractivity contribution is 7.89. The minimum absolute atomic E-state index is 0.131. The molecule has 0 unspecified atom stereocenters. The fourth-order valence-electron chi connectivity index (χ4n) is 2.75. The Morgan fingerprint density at radius 3 is 2.35 bits per heavy atom. The van der Waals surface area contributed by atoms with Crippen LogP contribution < -0.4 is 11.1 Å². The van der Waals surface area contributed by atoms with Gasteiger partial charge in [0, 0.05) is 32.7 Å². The van der Waals surface area contributed by atoms with Gasteiger partial charge in [-0.1, -0.05) is 39.0 Å². The molecule has 1 atom stereocenters. The minimum atomic E-state index is -3.59. The lowest BCUT2D eigenvalue weighted by molar-refractivity contribution is -0.124. The van der Waals surface area contributed by atoms with Crippen molar-refractivity contribution in [2.45, 2.75) is 38.3 Å². The summed E-state index contributed by atoms with van der Waals surface area (Å²) >= 11 is 0. The van der Waals surface area contributed by atoms with Crippen LogP contribution in [0.25, 0.3) is 0 Å². The third-order valence-corrected chi connectivity index (χ3v) is 6.72. The van der Waals surface area contributed by atoms with Crippen LogP contribution in [-0.2, 0) is 21.4 Å². The Labute approximate surface area is 156 Å². The summed E-state index contributed by atoms with van der Waals surface area (Å²) in [4.78, 5) is 14.6. The van der Waals surface area contributed by atoms with Gasteiger partial charge in [0.1, 0.15) is 0 Å². The number of nitrogens with one attached hydrogen (secondary N) is 1. The van der Waals surface area contributed by atoms with Crippen LogP contribution in [0.5, 0.6) is 0 Å². The number of sulfonamides is 1. The van der Waals surface area contributed by atoms with Crippen LogP contribution in [0.15, 0.2) is 29.2 Å². The van der Waals surface area contributed by atoms with Gasteiger partial charge in [-0.25, -0.2) is 8.42 Å². The van der Waals surface area contributed by atoms with E-state index in [0.717, 1.165) is 0 Å². The van der Waals surface area contributed by atoms with Crippen molar-refractivity contribution < 1.29 is 13.2 Å². The molecule has 8 heteroatoms. The molecule has 1 heterocycles. The largest absolute Gasteiger partial charge is 0.351 e. The van der Waals surface area contributed by atoms with E-state index in [1.54, 1.807) is 24.3 Å². The molecule has 0 saturated carbocycles. The van der Waals surface area contributed by atoms with E-state index in [-0.39, 0.29) is 22.8 Å². The maximum Gasteiger partial charge on any atom is 0.243 e. The average Bonchev–Trinajstić information content (AvgIpc) is 2.58. The van der Waals surface area contributed by atoms with Gasteiger partial charge in [0.2, 0.25) is 15.9 Å². The van der Waals surface area contributed by atoms with Crippen molar-refractivity contribution in [2.75, 3.05) is 33.2 Å². The Morgan fingerprint density at radius 1 is 1.19 bits per heavy atom. The van der Waals surface area contributed by atoms with E-state index in [4.69, 9.17) is 5.73 Å². The topological polar surface area (TPSA) is 95.7 Å². The molecule has 146 valence electrons. The average molecular weight is 383 g/mol. The maximum absolute atomic E-state index is 13.0. The summed E-state index contributed by atoms with van der Waals surface area (Å²) < 4.78 is 27.6. The van der Waals surface area contributed by atoms with Crippen molar-refractivity contribution >= 4 is 15.9 Å². The highest BCUT2D eigenvalue weighted by Crippen LogP contribution is 2.22. The molecule has 3 N–H and O–H groups in total. The zero-order chi connectivity index (χ0) is 19.5. The molecule has 1 amide bonds. The van der Waals surface area contributed by atoms with Gasteiger partial charge in [0.05, 0.1) is 10.9 Å². The second-order valence-electron chi connectivity index (χ2n) is 7.88. The maximum atomic E-state index is 13.0. The van der Waals surface area contributed by atoms with E-state index in [1.165, 1.54) is 4.31 Å². The normalized spacial score (nSPS) is 18.5. The Hall–Kier alpha value is -1.48. The number of piperazine rings is 1. The monoisotopic (exact) mass is 382 g/mol. The Morgan fingerprint density at radius 2 is 1.77 bits per heavy atom. The summed E-state index contributed by atoms with van der Waals surface area (Å²) in [6, 6.07) is 6.14. The van der Waals surface area contributed by atoms with Crippen molar-refractivity contribution in [1.29, 1.82) is 0 Å². The SMILES string of the molecule is CN1CCN(S(=O)(=O)c2ccccc2CNC(=O)[C@@H](N)C(C)(C)C)CC1. The smallest absolute Gasteiger partial charge is 0.243 e. The number of carbonyl (C=O) groups excluding carboxylic acids is 1. The molecule has 7 nitrogen and oxygen atoms in total. The molecule has 1 aliphatic heterocycles. The standard InChI is InChI=1S/C18H30N4O3S/c1-18(2,3)16(19)17(23)20-13-14-7-5-6-8-15(14)26(24,25)22-11-9-21(4)10-12-22/h5-8,16H,9-13,19H2,1-4H3,(H,20,23)/t16-/m1/s1. The molecule has 0 aromatic heterocycles. The molecule has 0 aliphatic carbocycles. The van der Waals surface area contributed by atoms with Crippen LogP contribution in [0.2, 0.25) is 0 Å². The van der Waals surface area contributed by atoms with Crippen LogP contribution in [0.1, 0.15) is 26.3 Å². The van der Waals surface area contributed by atoms with E-state index in [2.05, 4.69) is 10.2 Å². The number of amides is 1. The Bertz CT molecular complexity index is 735. The fraction of sp³-hybridized carbons (Fsp3) is 0.611. The summed E-state index contributed by atoms with van der Waals surface area (Å²) in [5.74, 6) is -0.288. The molecular weight excluding hydrogens is 352 g/mol. The highest BCUT2D eigenvalue weighted by atomic mass is 32.2. The quantitative estimate of drug-likeness (QED) is 0.778. The zero-order valence-corrected chi connectivity index (χ0v) is 16.8. The van der Waals surface area contributed by atoms with Gasteiger partial charge >= 0.3 is 0 Å². The molecule has 0 spiro atoms. The van der Waals surface area contributed by atoms with Crippen molar-refractivity contribution in [1.82, 2.24) is 14.5 Å². The van der Waals surface area contributed by atoms with Crippen LogP contribution in [0.4, 0.5) is 0 Å². The first-order valence-corrected chi connectivity index (χ1v) is 10.3. The van der Waals surface area contributed by atoms with Gasteiger partial charge in [0.15, 0.2) is 0 Å². The first kappa shape index (κ1) is 20.8.